The maximum atomic E-state index is 12.3. The Balaban J connectivity index is 1.70. The van der Waals surface area contributed by atoms with Crippen molar-refractivity contribution >= 4 is 29.5 Å². The summed E-state index contributed by atoms with van der Waals surface area (Å²) in [7, 11) is 1.30. The van der Waals surface area contributed by atoms with Crippen LogP contribution in [-0.4, -0.2) is 30.6 Å². The minimum atomic E-state index is -0.457. The number of ether oxygens (including phenoxy) is 1. The van der Waals surface area contributed by atoms with Crippen LogP contribution in [0.25, 0.3) is 0 Å². The predicted octanol–water partition coefficient (Wildman–Crippen LogP) is 2.86. The molecule has 158 valence electrons. The fourth-order valence-electron chi connectivity index (χ4n) is 3.17. The van der Waals surface area contributed by atoms with E-state index in [1.54, 1.807) is 24.3 Å². The van der Waals surface area contributed by atoms with Gasteiger partial charge in [-0.2, -0.15) is 5.26 Å². The summed E-state index contributed by atoms with van der Waals surface area (Å²) in [5, 5.41) is 15.7. The Labute approximate surface area is 184 Å². The van der Waals surface area contributed by atoms with Crippen LogP contribution < -0.4 is 10.6 Å². The number of hydrogen-bond acceptors (Lipinski definition) is 6. The third kappa shape index (κ3) is 5.74. The number of carbonyl (C=O) groups excluding carboxylic acids is 3. The van der Waals surface area contributed by atoms with Crippen molar-refractivity contribution in [3.05, 3.63) is 81.9 Å². The van der Waals surface area contributed by atoms with Gasteiger partial charge in [-0.25, -0.2) is 4.79 Å². The number of nitriles is 1. The van der Waals surface area contributed by atoms with Gasteiger partial charge in [-0.05, 0) is 23.3 Å². The number of hydrogen-bond donors (Lipinski definition) is 2. The van der Waals surface area contributed by atoms with Crippen molar-refractivity contribution in [3.8, 4) is 6.07 Å². The van der Waals surface area contributed by atoms with Crippen LogP contribution in [0.15, 0.2) is 65.2 Å². The maximum absolute atomic E-state index is 12.3. The van der Waals surface area contributed by atoms with E-state index >= 15 is 0 Å². The minimum absolute atomic E-state index is 0.0711. The Kier molecular flexibility index (Phi) is 7.46. The van der Waals surface area contributed by atoms with E-state index in [1.807, 2.05) is 30.3 Å². The summed E-state index contributed by atoms with van der Waals surface area (Å²) < 4.78 is 4.69. The second-order valence-electron chi connectivity index (χ2n) is 6.82. The lowest BCUT2D eigenvalue weighted by molar-refractivity contribution is -0.121. The highest BCUT2D eigenvalue weighted by Gasteiger charge is 2.30. The van der Waals surface area contributed by atoms with Gasteiger partial charge in [0.2, 0.25) is 11.8 Å². The first-order valence-electron chi connectivity index (χ1n) is 9.57. The number of benzene rings is 2. The topological polar surface area (TPSA) is 108 Å². The van der Waals surface area contributed by atoms with Crippen LogP contribution in [0, 0.1) is 11.3 Å². The quantitative estimate of drug-likeness (QED) is 0.648. The number of thioether (sulfide) groups is 1. The van der Waals surface area contributed by atoms with Gasteiger partial charge in [0.1, 0.15) is 0 Å². The molecule has 1 heterocycles. The Bertz CT molecular complexity index is 1040. The molecular formula is C23H21N3O4S. The second-order valence-corrected chi connectivity index (χ2v) is 7.81. The highest BCUT2D eigenvalue weighted by molar-refractivity contribution is 8.03. The van der Waals surface area contributed by atoms with Crippen LogP contribution in [0.3, 0.4) is 0 Å². The molecule has 3 rings (SSSR count). The molecule has 0 spiro atoms. The van der Waals surface area contributed by atoms with Crippen LogP contribution in [0.5, 0.6) is 0 Å². The molecule has 0 aliphatic carbocycles. The third-order valence-corrected chi connectivity index (χ3v) is 5.79. The van der Waals surface area contributed by atoms with Crippen LogP contribution in [0.2, 0.25) is 0 Å². The molecule has 2 amide bonds. The predicted molar refractivity (Wildman–Crippen MR) is 117 cm³/mol. The molecule has 31 heavy (non-hydrogen) atoms. The smallest absolute Gasteiger partial charge is 0.337 e. The average molecular weight is 436 g/mol. The molecule has 0 fully saturated rings. The molecule has 2 aromatic rings. The van der Waals surface area contributed by atoms with E-state index in [-0.39, 0.29) is 24.0 Å². The number of methoxy groups -OCH3 is 1. The van der Waals surface area contributed by atoms with E-state index in [4.69, 9.17) is 4.74 Å². The summed E-state index contributed by atoms with van der Waals surface area (Å²) in [6.45, 7) is 0.409. The number of allylic oxidation sites excluding steroid dienone is 1. The average Bonchev–Trinajstić information content (AvgIpc) is 2.81. The van der Waals surface area contributed by atoms with Crippen LogP contribution >= 0.6 is 11.8 Å². The first kappa shape index (κ1) is 22.1. The van der Waals surface area contributed by atoms with E-state index in [9.17, 15) is 19.6 Å². The normalized spacial score (nSPS) is 15.6. The van der Waals surface area contributed by atoms with E-state index in [1.165, 1.54) is 7.11 Å². The molecule has 0 saturated carbocycles. The molecule has 0 aromatic heterocycles. The van der Waals surface area contributed by atoms with Crippen molar-refractivity contribution < 1.29 is 19.1 Å². The van der Waals surface area contributed by atoms with Crippen molar-refractivity contribution in [2.24, 2.45) is 0 Å². The lowest BCUT2D eigenvalue weighted by atomic mass is 9.87. The fourth-order valence-corrected chi connectivity index (χ4v) is 4.08. The SMILES string of the molecule is COC(=O)c1ccc([C@@H]2CC(=O)NC(SCC(=O)NCc3ccccc3)=C2C#N)cc1. The number of amides is 2. The lowest BCUT2D eigenvalue weighted by Crippen LogP contribution is -2.32. The van der Waals surface area contributed by atoms with Gasteiger partial charge < -0.3 is 15.4 Å². The highest BCUT2D eigenvalue weighted by atomic mass is 32.2. The summed E-state index contributed by atoms with van der Waals surface area (Å²) in [4.78, 5) is 36.1. The molecule has 2 aromatic carbocycles. The Morgan fingerprint density at radius 1 is 1.19 bits per heavy atom. The Morgan fingerprint density at radius 3 is 2.55 bits per heavy atom. The third-order valence-electron chi connectivity index (χ3n) is 4.77. The first-order chi connectivity index (χ1) is 15.0. The zero-order valence-electron chi connectivity index (χ0n) is 16.9. The summed E-state index contributed by atoms with van der Waals surface area (Å²) in [5.41, 5.74) is 2.51. The molecule has 8 heteroatoms. The van der Waals surface area contributed by atoms with Crippen LogP contribution in [-0.2, 0) is 20.9 Å². The molecule has 0 saturated heterocycles. The second kappa shape index (κ2) is 10.5. The van der Waals surface area contributed by atoms with Crippen LogP contribution in [0.1, 0.15) is 33.8 Å². The van der Waals surface area contributed by atoms with Gasteiger partial charge >= 0.3 is 5.97 Å². The number of esters is 1. The first-order valence-corrected chi connectivity index (χ1v) is 10.6. The fraction of sp³-hybridized carbons (Fsp3) is 0.217. The van der Waals surface area contributed by atoms with Crippen molar-refractivity contribution in [1.82, 2.24) is 10.6 Å². The van der Waals surface area contributed by atoms with E-state index in [2.05, 4.69) is 16.7 Å². The summed E-state index contributed by atoms with van der Waals surface area (Å²) in [6.07, 6.45) is 0.116. The molecule has 1 aliphatic rings. The molecule has 1 atom stereocenters. The number of nitrogens with one attached hydrogen (secondary N) is 2. The number of nitrogens with zero attached hydrogens (tertiary/aromatic N) is 1. The summed E-state index contributed by atoms with van der Waals surface area (Å²) in [6, 6.07) is 18.3. The standard InChI is InChI=1S/C23H21N3O4S/c1-30-23(29)17-9-7-16(8-10-17)18-11-20(27)26-22(19(18)12-24)31-14-21(28)25-13-15-5-3-2-4-6-15/h2-10,18H,11,13-14H2,1H3,(H,25,28)(H,26,27)/t18-/m0/s1. The van der Waals surface area contributed by atoms with Crippen molar-refractivity contribution in [3.63, 3.8) is 0 Å². The van der Waals surface area contributed by atoms with Gasteiger partial charge in [-0.3, -0.25) is 9.59 Å². The Morgan fingerprint density at radius 2 is 1.90 bits per heavy atom. The highest BCUT2D eigenvalue weighted by Crippen LogP contribution is 2.36. The number of carbonyl (C=O) groups is 3. The van der Waals surface area contributed by atoms with Crippen molar-refractivity contribution in [2.45, 2.75) is 18.9 Å². The van der Waals surface area contributed by atoms with Gasteiger partial charge in [0.25, 0.3) is 0 Å². The maximum Gasteiger partial charge on any atom is 0.337 e. The van der Waals surface area contributed by atoms with Gasteiger partial charge in [0, 0.05) is 18.9 Å². The van der Waals surface area contributed by atoms with Gasteiger partial charge in [-0.1, -0.05) is 54.2 Å². The van der Waals surface area contributed by atoms with Crippen LogP contribution in [0.4, 0.5) is 0 Å². The minimum Gasteiger partial charge on any atom is -0.465 e. The Hall–Kier alpha value is -3.57. The molecule has 0 bridgehead atoms. The molecular weight excluding hydrogens is 414 g/mol. The largest absolute Gasteiger partial charge is 0.465 e. The van der Waals surface area contributed by atoms with Gasteiger partial charge in [0.15, 0.2) is 0 Å². The summed E-state index contributed by atoms with van der Waals surface area (Å²) in [5.74, 6) is -1.26. The molecule has 0 radical (unpaired) electrons. The molecule has 0 unspecified atom stereocenters. The van der Waals surface area contributed by atoms with E-state index < -0.39 is 11.9 Å². The van der Waals surface area contributed by atoms with Gasteiger partial charge in [0.05, 0.1) is 35.1 Å². The van der Waals surface area contributed by atoms with Gasteiger partial charge in [-0.15, -0.1) is 0 Å². The zero-order valence-corrected chi connectivity index (χ0v) is 17.7. The van der Waals surface area contributed by atoms with Crippen molar-refractivity contribution in [2.75, 3.05) is 12.9 Å². The number of rotatable bonds is 7. The van der Waals surface area contributed by atoms with E-state index in [0.717, 1.165) is 22.9 Å². The summed E-state index contributed by atoms with van der Waals surface area (Å²) >= 11 is 1.13. The van der Waals surface area contributed by atoms with E-state index in [0.29, 0.717) is 22.7 Å². The molecule has 2 N–H and O–H groups in total. The van der Waals surface area contributed by atoms with Crippen molar-refractivity contribution in [1.29, 1.82) is 5.26 Å². The molecule has 7 nitrogen and oxygen atoms in total. The monoisotopic (exact) mass is 435 g/mol. The lowest BCUT2D eigenvalue weighted by Gasteiger charge is -2.25. The molecule has 1 aliphatic heterocycles. The zero-order chi connectivity index (χ0) is 22.2.